The van der Waals surface area contributed by atoms with Gasteiger partial charge in [0, 0.05) is 25.2 Å². The van der Waals surface area contributed by atoms with Crippen molar-refractivity contribution in [1.29, 1.82) is 0 Å². The van der Waals surface area contributed by atoms with Gasteiger partial charge in [-0.2, -0.15) is 0 Å². The molecule has 5 heteroatoms. The van der Waals surface area contributed by atoms with E-state index in [1.165, 1.54) is 13.1 Å². The zero-order valence-corrected chi connectivity index (χ0v) is 7.65. The summed E-state index contributed by atoms with van der Waals surface area (Å²) < 4.78 is 0. The van der Waals surface area contributed by atoms with Gasteiger partial charge in [0.15, 0.2) is 5.69 Å². The maximum atomic E-state index is 10.7. The van der Waals surface area contributed by atoms with E-state index >= 15 is 0 Å². The minimum Gasteiger partial charge on any atom is -0.477 e. The van der Waals surface area contributed by atoms with E-state index in [0.717, 1.165) is 0 Å². The number of carbonyl (C=O) groups excluding carboxylic acids is 1. The van der Waals surface area contributed by atoms with Gasteiger partial charge < -0.3 is 10.4 Å². The SMILES string of the molecule is CC(=O)NCc1cccnc1C(=O)O. The van der Waals surface area contributed by atoms with Gasteiger partial charge in [0.25, 0.3) is 0 Å². The molecule has 0 aromatic carbocycles. The fourth-order valence-electron chi connectivity index (χ4n) is 0.994. The van der Waals surface area contributed by atoms with Crippen LogP contribution in [0.4, 0.5) is 0 Å². The van der Waals surface area contributed by atoms with Crippen LogP contribution in [0.5, 0.6) is 0 Å². The third-order valence-corrected chi connectivity index (χ3v) is 1.62. The van der Waals surface area contributed by atoms with Crippen molar-refractivity contribution >= 4 is 11.9 Å². The molecule has 5 nitrogen and oxygen atoms in total. The Kier molecular flexibility index (Phi) is 3.17. The highest BCUT2D eigenvalue weighted by Gasteiger charge is 2.10. The lowest BCUT2D eigenvalue weighted by Gasteiger charge is -2.04. The molecule has 0 radical (unpaired) electrons. The molecule has 1 rings (SSSR count). The lowest BCUT2D eigenvalue weighted by molar-refractivity contribution is -0.119. The Morgan fingerprint density at radius 2 is 2.29 bits per heavy atom. The van der Waals surface area contributed by atoms with E-state index < -0.39 is 5.97 Å². The van der Waals surface area contributed by atoms with Gasteiger partial charge in [-0.25, -0.2) is 9.78 Å². The molecule has 1 aromatic heterocycles. The minimum absolute atomic E-state index is 0.0266. The molecule has 0 saturated carbocycles. The molecule has 0 atom stereocenters. The first kappa shape index (κ1) is 10.2. The van der Waals surface area contributed by atoms with Crippen LogP contribution >= 0.6 is 0 Å². The number of nitrogens with one attached hydrogen (secondary N) is 1. The van der Waals surface area contributed by atoms with Crippen molar-refractivity contribution < 1.29 is 14.7 Å². The molecule has 0 bridgehead atoms. The van der Waals surface area contributed by atoms with Gasteiger partial charge in [-0.15, -0.1) is 0 Å². The van der Waals surface area contributed by atoms with Crippen LogP contribution in [-0.2, 0) is 11.3 Å². The van der Waals surface area contributed by atoms with Gasteiger partial charge in [-0.3, -0.25) is 4.79 Å². The number of pyridine rings is 1. The highest BCUT2D eigenvalue weighted by Crippen LogP contribution is 2.04. The monoisotopic (exact) mass is 194 g/mol. The summed E-state index contributed by atoms with van der Waals surface area (Å²) in [7, 11) is 0. The smallest absolute Gasteiger partial charge is 0.354 e. The Morgan fingerprint density at radius 3 is 2.86 bits per heavy atom. The predicted molar refractivity (Wildman–Crippen MR) is 48.7 cm³/mol. The predicted octanol–water partition coefficient (Wildman–Crippen LogP) is 0.416. The fraction of sp³-hybridized carbons (Fsp3) is 0.222. The second-order valence-electron chi connectivity index (χ2n) is 2.73. The van der Waals surface area contributed by atoms with Gasteiger partial charge in [0.1, 0.15) is 0 Å². The van der Waals surface area contributed by atoms with Crippen LogP contribution < -0.4 is 5.32 Å². The van der Waals surface area contributed by atoms with Crippen LogP contribution in [0.1, 0.15) is 23.0 Å². The third-order valence-electron chi connectivity index (χ3n) is 1.62. The van der Waals surface area contributed by atoms with Crippen LogP contribution in [0.2, 0.25) is 0 Å². The summed E-state index contributed by atoms with van der Waals surface area (Å²) in [6.45, 7) is 1.56. The first-order valence-electron chi connectivity index (χ1n) is 4.03. The zero-order chi connectivity index (χ0) is 10.6. The lowest BCUT2D eigenvalue weighted by Crippen LogP contribution is -2.21. The number of hydrogen-bond acceptors (Lipinski definition) is 3. The fourth-order valence-corrected chi connectivity index (χ4v) is 0.994. The largest absolute Gasteiger partial charge is 0.477 e. The Bertz CT molecular complexity index is 363. The number of rotatable bonds is 3. The summed E-state index contributed by atoms with van der Waals surface area (Å²) >= 11 is 0. The first-order valence-corrected chi connectivity index (χ1v) is 4.03. The number of amides is 1. The van der Waals surface area contributed by atoms with Gasteiger partial charge in [0.05, 0.1) is 0 Å². The normalized spacial score (nSPS) is 9.50. The van der Waals surface area contributed by atoms with Crippen LogP contribution in [0.25, 0.3) is 0 Å². The van der Waals surface area contributed by atoms with Crippen molar-refractivity contribution in [2.24, 2.45) is 0 Å². The highest BCUT2D eigenvalue weighted by molar-refractivity contribution is 5.87. The van der Waals surface area contributed by atoms with Gasteiger partial charge in [0.2, 0.25) is 5.91 Å². The van der Waals surface area contributed by atoms with Crippen LogP contribution in [0.3, 0.4) is 0 Å². The number of carbonyl (C=O) groups is 2. The number of aromatic nitrogens is 1. The maximum Gasteiger partial charge on any atom is 0.354 e. The number of aromatic carboxylic acids is 1. The molecule has 74 valence electrons. The quantitative estimate of drug-likeness (QED) is 0.730. The van der Waals surface area contributed by atoms with Crippen molar-refractivity contribution in [2.45, 2.75) is 13.5 Å². The first-order chi connectivity index (χ1) is 6.61. The number of hydrogen-bond donors (Lipinski definition) is 2. The second-order valence-corrected chi connectivity index (χ2v) is 2.73. The number of nitrogens with zero attached hydrogens (tertiary/aromatic N) is 1. The summed E-state index contributed by atoms with van der Waals surface area (Å²) in [5.41, 5.74) is 0.469. The molecule has 0 fully saturated rings. The van der Waals surface area contributed by atoms with E-state index in [4.69, 9.17) is 5.11 Å². The number of carboxylic acid groups (broad SMARTS) is 1. The standard InChI is InChI=1S/C9H10N2O3/c1-6(12)11-5-7-3-2-4-10-8(7)9(13)14/h2-4H,5H2,1H3,(H,11,12)(H,13,14). The molecule has 0 spiro atoms. The summed E-state index contributed by atoms with van der Waals surface area (Å²) in [4.78, 5) is 25.0. The number of carboxylic acids is 1. The van der Waals surface area contributed by atoms with E-state index in [1.807, 2.05) is 0 Å². The van der Waals surface area contributed by atoms with Crippen molar-refractivity contribution in [2.75, 3.05) is 0 Å². The average Bonchev–Trinajstić information content (AvgIpc) is 2.15. The van der Waals surface area contributed by atoms with Gasteiger partial charge in [-0.1, -0.05) is 6.07 Å². The Hall–Kier alpha value is -1.91. The van der Waals surface area contributed by atoms with E-state index in [2.05, 4.69) is 10.3 Å². The third kappa shape index (κ3) is 2.55. The van der Waals surface area contributed by atoms with E-state index in [0.29, 0.717) is 5.56 Å². The second kappa shape index (κ2) is 4.36. The van der Waals surface area contributed by atoms with Crippen molar-refractivity contribution in [1.82, 2.24) is 10.3 Å². The molecule has 0 aliphatic heterocycles. The molecule has 1 heterocycles. The lowest BCUT2D eigenvalue weighted by atomic mass is 10.2. The van der Waals surface area contributed by atoms with Crippen LogP contribution in [-0.4, -0.2) is 22.0 Å². The maximum absolute atomic E-state index is 10.7. The van der Waals surface area contributed by atoms with E-state index in [9.17, 15) is 9.59 Å². The van der Waals surface area contributed by atoms with Crippen molar-refractivity contribution in [3.8, 4) is 0 Å². The summed E-state index contributed by atoms with van der Waals surface area (Å²) in [5, 5.41) is 11.3. The Labute approximate surface area is 80.8 Å². The summed E-state index contributed by atoms with van der Waals surface area (Å²) in [6, 6.07) is 3.25. The summed E-state index contributed by atoms with van der Waals surface area (Å²) in [5.74, 6) is -1.30. The Morgan fingerprint density at radius 1 is 1.57 bits per heavy atom. The van der Waals surface area contributed by atoms with Crippen LogP contribution in [0, 0.1) is 0 Å². The van der Waals surface area contributed by atoms with Crippen molar-refractivity contribution in [3.63, 3.8) is 0 Å². The highest BCUT2D eigenvalue weighted by atomic mass is 16.4. The molecule has 1 amide bonds. The Balaban J connectivity index is 2.84. The molecule has 0 aliphatic carbocycles. The molecule has 0 saturated heterocycles. The molecule has 1 aromatic rings. The van der Waals surface area contributed by atoms with Crippen molar-refractivity contribution in [3.05, 3.63) is 29.6 Å². The van der Waals surface area contributed by atoms with E-state index in [-0.39, 0.29) is 18.1 Å². The minimum atomic E-state index is -1.09. The zero-order valence-electron chi connectivity index (χ0n) is 7.65. The molecule has 0 aliphatic rings. The molecule has 2 N–H and O–H groups in total. The topological polar surface area (TPSA) is 79.3 Å². The van der Waals surface area contributed by atoms with Gasteiger partial charge >= 0.3 is 5.97 Å². The average molecular weight is 194 g/mol. The van der Waals surface area contributed by atoms with Gasteiger partial charge in [-0.05, 0) is 6.07 Å². The van der Waals surface area contributed by atoms with Crippen LogP contribution in [0.15, 0.2) is 18.3 Å². The van der Waals surface area contributed by atoms with E-state index in [1.54, 1.807) is 12.1 Å². The molecular formula is C9H10N2O3. The summed E-state index contributed by atoms with van der Waals surface area (Å²) in [6.07, 6.45) is 1.40. The molecule has 0 unspecified atom stereocenters. The molecular weight excluding hydrogens is 184 g/mol. The molecule has 14 heavy (non-hydrogen) atoms.